The summed E-state index contributed by atoms with van der Waals surface area (Å²) in [7, 11) is 3.26. The Balaban J connectivity index is 1.84. The van der Waals surface area contributed by atoms with Gasteiger partial charge in [0.25, 0.3) is 0 Å². The summed E-state index contributed by atoms with van der Waals surface area (Å²) in [6.07, 6.45) is 0. The Morgan fingerprint density at radius 1 is 0.857 bits per heavy atom. The minimum absolute atomic E-state index is 0.498. The molecule has 6 nitrogen and oxygen atoms in total. The molecule has 0 fully saturated rings. The summed E-state index contributed by atoms with van der Waals surface area (Å²) in [6.45, 7) is 6.29. The van der Waals surface area contributed by atoms with Gasteiger partial charge >= 0.3 is 0 Å². The van der Waals surface area contributed by atoms with Crippen molar-refractivity contribution in [3.63, 3.8) is 0 Å². The molecule has 6 heteroatoms. The van der Waals surface area contributed by atoms with Crippen LogP contribution in [0, 0.1) is 6.92 Å². The van der Waals surface area contributed by atoms with Gasteiger partial charge in [0.2, 0.25) is 5.95 Å². The standard InChI is InChI=1S/C22H26N4O2/c1-14(2)16-6-8-17(9-7-16)24-22-23-15(3)12-21(26-22)25-19-13-18(27-4)10-11-20(19)28-5/h6-14H,1-5H3,(H2,23,24,25,26). The average molecular weight is 378 g/mol. The molecular weight excluding hydrogens is 352 g/mol. The Morgan fingerprint density at radius 3 is 2.25 bits per heavy atom. The summed E-state index contributed by atoms with van der Waals surface area (Å²) in [5.41, 5.74) is 3.86. The smallest absolute Gasteiger partial charge is 0.229 e. The summed E-state index contributed by atoms with van der Waals surface area (Å²) in [4.78, 5) is 9.07. The fraction of sp³-hybridized carbons (Fsp3) is 0.273. The number of benzene rings is 2. The lowest BCUT2D eigenvalue weighted by Gasteiger charge is -2.14. The zero-order valence-electron chi connectivity index (χ0n) is 16.9. The second-order valence-corrected chi connectivity index (χ2v) is 6.81. The predicted molar refractivity (Wildman–Crippen MR) is 113 cm³/mol. The van der Waals surface area contributed by atoms with Crippen molar-refractivity contribution < 1.29 is 9.47 Å². The van der Waals surface area contributed by atoms with Crippen LogP contribution < -0.4 is 20.1 Å². The summed E-state index contributed by atoms with van der Waals surface area (Å²) in [5, 5.41) is 6.56. The van der Waals surface area contributed by atoms with Crippen molar-refractivity contribution in [2.75, 3.05) is 24.9 Å². The first-order valence-electron chi connectivity index (χ1n) is 9.20. The van der Waals surface area contributed by atoms with E-state index >= 15 is 0 Å². The van der Waals surface area contributed by atoms with E-state index in [1.54, 1.807) is 14.2 Å². The van der Waals surface area contributed by atoms with Crippen molar-refractivity contribution in [2.45, 2.75) is 26.7 Å². The van der Waals surface area contributed by atoms with E-state index < -0.39 is 0 Å². The van der Waals surface area contributed by atoms with Crippen LogP contribution in [0.25, 0.3) is 0 Å². The molecule has 0 saturated heterocycles. The molecule has 0 radical (unpaired) electrons. The molecule has 0 aliphatic rings. The Hall–Kier alpha value is -3.28. The van der Waals surface area contributed by atoms with Crippen LogP contribution in [0.2, 0.25) is 0 Å². The molecule has 146 valence electrons. The summed E-state index contributed by atoms with van der Waals surface area (Å²) in [6, 6.07) is 15.8. The van der Waals surface area contributed by atoms with Crippen LogP contribution in [0.1, 0.15) is 31.0 Å². The van der Waals surface area contributed by atoms with Crippen LogP contribution in [0.5, 0.6) is 11.5 Å². The summed E-state index contributed by atoms with van der Waals surface area (Å²) < 4.78 is 10.7. The first-order valence-corrected chi connectivity index (χ1v) is 9.20. The van der Waals surface area contributed by atoms with Gasteiger partial charge in [0.1, 0.15) is 17.3 Å². The molecule has 28 heavy (non-hydrogen) atoms. The van der Waals surface area contributed by atoms with Crippen molar-refractivity contribution in [1.82, 2.24) is 9.97 Å². The highest BCUT2D eigenvalue weighted by molar-refractivity contribution is 5.67. The number of ether oxygens (including phenoxy) is 2. The Kier molecular flexibility index (Phi) is 5.99. The van der Waals surface area contributed by atoms with E-state index in [-0.39, 0.29) is 0 Å². The molecule has 0 atom stereocenters. The van der Waals surface area contributed by atoms with Crippen LogP contribution in [0.3, 0.4) is 0 Å². The molecule has 0 amide bonds. The van der Waals surface area contributed by atoms with E-state index in [9.17, 15) is 0 Å². The quantitative estimate of drug-likeness (QED) is 0.573. The molecule has 1 heterocycles. The predicted octanol–water partition coefficient (Wildman–Crippen LogP) is 5.41. The monoisotopic (exact) mass is 378 g/mol. The third-order valence-electron chi connectivity index (χ3n) is 4.36. The van der Waals surface area contributed by atoms with Crippen LogP contribution in [-0.4, -0.2) is 24.2 Å². The number of hydrogen-bond donors (Lipinski definition) is 2. The first-order chi connectivity index (χ1) is 13.5. The number of hydrogen-bond acceptors (Lipinski definition) is 6. The number of methoxy groups -OCH3 is 2. The van der Waals surface area contributed by atoms with Gasteiger partial charge in [-0.15, -0.1) is 0 Å². The minimum Gasteiger partial charge on any atom is -0.497 e. The molecular formula is C22H26N4O2. The molecule has 3 aromatic rings. The van der Waals surface area contributed by atoms with Crippen LogP contribution in [0.15, 0.2) is 48.5 Å². The number of anilines is 4. The van der Waals surface area contributed by atoms with Crippen molar-refractivity contribution in [3.05, 3.63) is 59.8 Å². The lowest BCUT2D eigenvalue weighted by atomic mass is 10.0. The second-order valence-electron chi connectivity index (χ2n) is 6.81. The molecule has 0 aliphatic heterocycles. The van der Waals surface area contributed by atoms with Crippen molar-refractivity contribution in [2.24, 2.45) is 0 Å². The highest BCUT2D eigenvalue weighted by atomic mass is 16.5. The number of nitrogens with zero attached hydrogens (tertiary/aromatic N) is 2. The molecule has 2 N–H and O–H groups in total. The van der Waals surface area contributed by atoms with Crippen molar-refractivity contribution in [1.29, 1.82) is 0 Å². The molecule has 0 aliphatic carbocycles. The SMILES string of the molecule is COc1ccc(OC)c(Nc2cc(C)nc(Nc3ccc(C(C)C)cc3)n2)c1. The topological polar surface area (TPSA) is 68.3 Å². The van der Waals surface area contributed by atoms with E-state index in [2.05, 4.69) is 46.6 Å². The maximum atomic E-state index is 5.43. The van der Waals surface area contributed by atoms with E-state index in [4.69, 9.17) is 9.47 Å². The average Bonchev–Trinajstić information content (AvgIpc) is 2.68. The van der Waals surface area contributed by atoms with Gasteiger partial charge in [-0.1, -0.05) is 26.0 Å². The number of aromatic nitrogens is 2. The van der Waals surface area contributed by atoms with Gasteiger partial charge in [-0.3, -0.25) is 0 Å². The Bertz CT molecular complexity index is 940. The molecule has 0 bridgehead atoms. The molecule has 0 saturated carbocycles. The van der Waals surface area contributed by atoms with E-state index in [1.165, 1.54) is 5.56 Å². The highest BCUT2D eigenvalue weighted by Gasteiger charge is 2.09. The third-order valence-corrected chi connectivity index (χ3v) is 4.36. The van der Waals surface area contributed by atoms with Crippen LogP contribution >= 0.6 is 0 Å². The van der Waals surface area contributed by atoms with Gasteiger partial charge in [0.15, 0.2) is 0 Å². The number of nitrogens with one attached hydrogen (secondary N) is 2. The summed E-state index contributed by atoms with van der Waals surface area (Å²) in [5.74, 6) is 3.13. The Morgan fingerprint density at radius 2 is 1.61 bits per heavy atom. The minimum atomic E-state index is 0.498. The fourth-order valence-electron chi connectivity index (χ4n) is 2.82. The zero-order valence-corrected chi connectivity index (χ0v) is 16.9. The molecule has 1 aromatic heterocycles. The van der Waals surface area contributed by atoms with E-state index in [1.807, 2.05) is 43.3 Å². The zero-order chi connectivity index (χ0) is 20.1. The Labute approximate surface area is 166 Å². The van der Waals surface area contributed by atoms with Crippen LogP contribution in [0.4, 0.5) is 23.1 Å². The highest BCUT2D eigenvalue weighted by Crippen LogP contribution is 2.31. The summed E-state index contributed by atoms with van der Waals surface area (Å²) >= 11 is 0. The van der Waals surface area contributed by atoms with Crippen molar-refractivity contribution >= 4 is 23.1 Å². The second kappa shape index (κ2) is 8.61. The largest absolute Gasteiger partial charge is 0.497 e. The molecule has 0 unspecified atom stereocenters. The number of aryl methyl sites for hydroxylation is 1. The van der Waals surface area contributed by atoms with Gasteiger partial charge < -0.3 is 20.1 Å². The van der Waals surface area contributed by atoms with Crippen LogP contribution in [-0.2, 0) is 0 Å². The van der Waals surface area contributed by atoms with Crippen molar-refractivity contribution in [3.8, 4) is 11.5 Å². The number of rotatable bonds is 7. The molecule has 2 aromatic carbocycles. The van der Waals surface area contributed by atoms with E-state index in [0.29, 0.717) is 23.4 Å². The van der Waals surface area contributed by atoms with Gasteiger partial charge in [0.05, 0.1) is 19.9 Å². The van der Waals surface area contributed by atoms with E-state index in [0.717, 1.165) is 22.8 Å². The lowest BCUT2D eigenvalue weighted by Crippen LogP contribution is -2.03. The maximum Gasteiger partial charge on any atom is 0.229 e. The normalized spacial score (nSPS) is 10.6. The maximum absolute atomic E-state index is 5.43. The van der Waals surface area contributed by atoms with Gasteiger partial charge in [-0.25, -0.2) is 4.98 Å². The molecule has 0 spiro atoms. The molecule has 3 rings (SSSR count). The lowest BCUT2D eigenvalue weighted by molar-refractivity contribution is 0.405. The van der Waals surface area contributed by atoms with Gasteiger partial charge in [-0.2, -0.15) is 4.98 Å². The van der Waals surface area contributed by atoms with Gasteiger partial charge in [-0.05, 0) is 42.7 Å². The van der Waals surface area contributed by atoms with Gasteiger partial charge in [0, 0.05) is 23.5 Å². The first kappa shape index (κ1) is 19.5. The fourth-order valence-corrected chi connectivity index (χ4v) is 2.82. The third kappa shape index (κ3) is 4.71.